The summed E-state index contributed by atoms with van der Waals surface area (Å²) in [5, 5.41) is 3.33. The summed E-state index contributed by atoms with van der Waals surface area (Å²) in [4.78, 5) is 0. The number of hydrogen-bond acceptors (Lipinski definition) is 2. The molecule has 0 unspecified atom stereocenters. The Morgan fingerprint density at radius 2 is 1.83 bits per heavy atom. The average molecular weight is 237 g/mol. The van der Waals surface area contributed by atoms with Gasteiger partial charge >= 0.3 is 0 Å². The van der Waals surface area contributed by atoms with Crippen molar-refractivity contribution in [1.29, 1.82) is 0 Å². The maximum atomic E-state index is 5.45. The van der Waals surface area contributed by atoms with Crippen LogP contribution in [0.4, 0.5) is 5.69 Å². The van der Waals surface area contributed by atoms with Crippen LogP contribution in [0.3, 0.4) is 0 Å². The molecule has 1 N–H and O–H groups in total. The Morgan fingerprint density at radius 1 is 1.11 bits per heavy atom. The minimum atomic E-state index is 0.739. The Hall–Kier alpha value is -2.40. The number of benzene rings is 2. The predicted molar refractivity (Wildman–Crippen MR) is 74.7 cm³/mol. The molecule has 0 radical (unpaired) electrons. The molecule has 0 saturated heterocycles. The normalized spacial score (nSPS) is 9.56. The number of rotatable bonds is 4. The lowest BCUT2D eigenvalue weighted by molar-refractivity contribution is 0.414. The van der Waals surface area contributed by atoms with Gasteiger partial charge in [0.15, 0.2) is 0 Å². The topological polar surface area (TPSA) is 21.3 Å². The average Bonchev–Trinajstić information content (AvgIpc) is 2.46. The van der Waals surface area contributed by atoms with Crippen LogP contribution in [-0.2, 0) is 6.54 Å². The van der Waals surface area contributed by atoms with Gasteiger partial charge in [0.2, 0.25) is 0 Å². The second kappa shape index (κ2) is 5.79. The molecule has 0 heterocycles. The van der Waals surface area contributed by atoms with Gasteiger partial charge in [-0.2, -0.15) is 0 Å². The van der Waals surface area contributed by atoms with Crippen LogP contribution in [0.1, 0.15) is 11.1 Å². The summed E-state index contributed by atoms with van der Waals surface area (Å²) in [6, 6.07) is 15.8. The van der Waals surface area contributed by atoms with Gasteiger partial charge < -0.3 is 10.1 Å². The molecule has 2 heteroatoms. The fourth-order valence-electron chi connectivity index (χ4n) is 1.70. The summed E-state index contributed by atoms with van der Waals surface area (Å²) >= 11 is 0. The Balaban J connectivity index is 2.05. The van der Waals surface area contributed by atoms with Crippen molar-refractivity contribution in [2.45, 2.75) is 6.54 Å². The van der Waals surface area contributed by atoms with Crippen LogP contribution in [0.2, 0.25) is 0 Å². The fourth-order valence-corrected chi connectivity index (χ4v) is 1.70. The summed E-state index contributed by atoms with van der Waals surface area (Å²) in [5.74, 6) is 3.53. The molecule has 90 valence electrons. The molecule has 0 spiro atoms. The molecule has 0 atom stereocenters. The third-order valence-corrected chi connectivity index (χ3v) is 2.72. The van der Waals surface area contributed by atoms with Crippen LogP contribution < -0.4 is 10.1 Å². The van der Waals surface area contributed by atoms with E-state index in [4.69, 9.17) is 11.2 Å². The van der Waals surface area contributed by atoms with Gasteiger partial charge in [-0.25, -0.2) is 0 Å². The number of anilines is 1. The van der Waals surface area contributed by atoms with E-state index >= 15 is 0 Å². The summed E-state index contributed by atoms with van der Waals surface area (Å²) in [5.41, 5.74) is 3.05. The number of ether oxygens (including phenoxy) is 1. The highest BCUT2D eigenvalue weighted by Crippen LogP contribution is 2.16. The van der Waals surface area contributed by atoms with Crippen LogP contribution in [-0.4, -0.2) is 7.11 Å². The Labute approximate surface area is 108 Å². The SMILES string of the molecule is C#Cc1ccccc1NCc1ccc(OC)cc1. The first-order chi connectivity index (χ1) is 8.83. The molecule has 0 amide bonds. The number of para-hydroxylation sites is 1. The van der Waals surface area contributed by atoms with Crippen LogP contribution in [0.15, 0.2) is 48.5 Å². The molecule has 0 aliphatic rings. The van der Waals surface area contributed by atoms with Gasteiger partial charge in [-0.1, -0.05) is 30.2 Å². The number of methoxy groups -OCH3 is 1. The first-order valence-electron chi connectivity index (χ1n) is 5.76. The summed E-state index contributed by atoms with van der Waals surface area (Å²) < 4.78 is 5.12. The minimum absolute atomic E-state index is 0.739. The van der Waals surface area contributed by atoms with E-state index in [0.29, 0.717) is 0 Å². The summed E-state index contributed by atoms with van der Waals surface area (Å²) in [6.07, 6.45) is 5.45. The molecule has 0 aliphatic heterocycles. The molecule has 2 aromatic carbocycles. The third kappa shape index (κ3) is 2.83. The Bertz CT molecular complexity index is 552. The van der Waals surface area contributed by atoms with E-state index in [1.165, 1.54) is 5.56 Å². The largest absolute Gasteiger partial charge is 0.497 e. The number of hydrogen-bond donors (Lipinski definition) is 1. The monoisotopic (exact) mass is 237 g/mol. The molecule has 2 nitrogen and oxygen atoms in total. The lowest BCUT2D eigenvalue weighted by atomic mass is 10.1. The van der Waals surface area contributed by atoms with Crippen LogP contribution in [0, 0.1) is 12.3 Å². The minimum Gasteiger partial charge on any atom is -0.497 e. The van der Waals surface area contributed by atoms with Crippen molar-refractivity contribution in [3.8, 4) is 18.1 Å². The van der Waals surface area contributed by atoms with Gasteiger partial charge in [0.05, 0.1) is 12.8 Å². The molecular formula is C16H15NO. The van der Waals surface area contributed by atoms with E-state index in [-0.39, 0.29) is 0 Å². The molecule has 2 rings (SSSR count). The van der Waals surface area contributed by atoms with Crippen LogP contribution in [0.25, 0.3) is 0 Å². The van der Waals surface area contributed by atoms with Crippen molar-refractivity contribution >= 4 is 5.69 Å². The van der Waals surface area contributed by atoms with Crippen molar-refractivity contribution in [2.24, 2.45) is 0 Å². The van der Waals surface area contributed by atoms with Crippen molar-refractivity contribution in [2.75, 3.05) is 12.4 Å². The van der Waals surface area contributed by atoms with E-state index in [1.807, 2.05) is 48.5 Å². The predicted octanol–water partition coefficient (Wildman–Crippen LogP) is 3.29. The van der Waals surface area contributed by atoms with Crippen LogP contribution >= 0.6 is 0 Å². The fraction of sp³-hybridized carbons (Fsp3) is 0.125. The summed E-state index contributed by atoms with van der Waals surface area (Å²) in [6.45, 7) is 0.739. The maximum absolute atomic E-state index is 5.45. The van der Waals surface area contributed by atoms with E-state index in [9.17, 15) is 0 Å². The van der Waals surface area contributed by atoms with Crippen molar-refractivity contribution in [3.05, 3.63) is 59.7 Å². The molecule has 0 saturated carbocycles. The highest BCUT2D eigenvalue weighted by Gasteiger charge is 1.99. The standard InChI is InChI=1S/C16H15NO/c1-3-14-6-4-5-7-16(14)17-12-13-8-10-15(18-2)11-9-13/h1,4-11,17H,12H2,2H3. The zero-order chi connectivity index (χ0) is 12.8. The van der Waals surface area contributed by atoms with Gasteiger partial charge in [-0.05, 0) is 29.8 Å². The quantitative estimate of drug-likeness (QED) is 0.824. The highest BCUT2D eigenvalue weighted by molar-refractivity contribution is 5.58. The molecule has 0 aromatic heterocycles. The Kier molecular flexibility index (Phi) is 3.88. The van der Waals surface area contributed by atoms with E-state index < -0.39 is 0 Å². The van der Waals surface area contributed by atoms with Gasteiger partial charge in [-0.15, -0.1) is 6.42 Å². The lowest BCUT2D eigenvalue weighted by Crippen LogP contribution is -2.01. The first kappa shape index (κ1) is 12.1. The molecular weight excluding hydrogens is 222 g/mol. The maximum Gasteiger partial charge on any atom is 0.118 e. The molecule has 18 heavy (non-hydrogen) atoms. The van der Waals surface area contributed by atoms with Gasteiger partial charge in [0.25, 0.3) is 0 Å². The van der Waals surface area contributed by atoms with E-state index in [0.717, 1.165) is 23.5 Å². The van der Waals surface area contributed by atoms with E-state index in [2.05, 4.69) is 11.2 Å². The van der Waals surface area contributed by atoms with Crippen molar-refractivity contribution < 1.29 is 4.74 Å². The molecule has 0 aliphatic carbocycles. The molecule has 2 aromatic rings. The zero-order valence-electron chi connectivity index (χ0n) is 10.3. The van der Waals surface area contributed by atoms with Crippen molar-refractivity contribution in [1.82, 2.24) is 0 Å². The smallest absolute Gasteiger partial charge is 0.118 e. The number of terminal acetylenes is 1. The highest BCUT2D eigenvalue weighted by atomic mass is 16.5. The van der Waals surface area contributed by atoms with Gasteiger partial charge in [0.1, 0.15) is 5.75 Å². The molecule has 0 bridgehead atoms. The van der Waals surface area contributed by atoms with Gasteiger partial charge in [0, 0.05) is 12.1 Å². The van der Waals surface area contributed by atoms with E-state index in [1.54, 1.807) is 7.11 Å². The Morgan fingerprint density at radius 3 is 2.50 bits per heavy atom. The first-order valence-corrected chi connectivity index (χ1v) is 5.76. The van der Waals surface area contributed by atoms with Crippen LogP contribution in [0.5, 0.6) is 5.75 Å². The number of nitrogens with one attached hydrogen (secondary N) is 1. The zero-order valence-corrected chi connectivity index (χ0v) is 10.3. The second-order valence-corrected chi connectivity index (χ2v) is 3.89. The molecule has 0 fully saturated rings. The van der Waals surface area contributed by atoms with Crippen molar-refractivity contribution in [3.63, 3.8) is 0 Å². The third-order valence-electron chi connectivity index (χ3n) is 2.72. The second-order valence-electron chi connectivity index (χ2n) is 3.89. The summed E-state index contributed by atoms with van der Waals surface area (Å²) in [7, 11) is 1.66. The van der Waals surface area contributed by atoms with Gasteiger partial charge in [-0.3, -0.25) is 0 Å². The lowest BCUT2D eigenvalue weighted by Gasteiger charge is -2.09.